The standard InChI is InChI=1S/C9H3BrFN/c10-8-4-3-7(2-1-5-12)6-9(8)11/h3-4,6H. The molecule has 0 N–H and O–H groups in total. The summed E-state index contributed by atoms with van der Waals surface area (Å²) in [6, 6.07) is 6.12. The van der Waals surface area contributed by atoms with Crippen LogP contribution in [0.1, 0.15) is 5.56 Å². The molecule has 0 aromatic heterocycles. The number of hydrogen-bond acceptors (Lipinski definition) is 1. The number of nitriles is 1. The third-order valence-electron chi connectivity index (χ3n) is 1.18. The molecule has 0 bridgehead atoms. The maximum Gasteiger partial charge on any atom is 0.152 e. The van der Waals surface area contributed by atoms with Gasteiger partial charge in [-0.1, -0.05) is 5.92 Å². The van der Waals surface area contributed by atoms with Crippen molar-refractivity contribution in [2.45, 2.75) is 0 Å². The van der Waals surface area contributed by atoms with Crippen LogP contribution in [-0.2, 0) is 0 Å². The Hall–Kier alpha value is -1.32. The van der Waals surface area contributed by atoms with Gasteiger partial charge in [0.25, 0.3) is 0 Å². The van der Waals surface area contributed by atoms with Crippen molar-refractivity contribution in [2.75, 3.05) is 0 Å². The second kappa shape index (κ2) is 3.90. The molecule has 0 saturated carbocycles. The van der Waals surface area contributed by atoms with Gasteiger partial charge in [0, 0.05) is 11.5 Å². The van der Waals surface area contributed by atoms with Gasteiger partial charge >= 0.3 is 0 Å². The zero-order chi connectivity index (χ0) is 8.97. The van der Waals surface area contributed by atoms with Gasteiger partial charge in [0.2, 0.25) is 0 Å². The lowest BCUT2D eigenvalue weighted by Crippen LogP contribution is -1.79. The number of halogens is 2. The molecule has 0 amide bonds. The Balaban J connectivity index is 3.07. The minimum Gasteiger partial charge on any atom is -0.206 e. The van der Waals surface area contributed by atoms with E-state index in [9.17, 15) is 4.39 Å². The molecule has 0 radical (unpaired) electrons. The van der Waals surface area contributed by atoms with Crippen LogP contribution in [0.15, 0.2) is 22.7 Å². The summed E-state index contributed by atoms with van der Waals surface area (Å²) in [5, 5.41) is 8.12. The molecular weight excluding hydrogens is 221 g/mol. The molecule has 0 aliphatic carbocycles. The summed E-state index contributed by atoms with van der Waals surface area (Å²) in [6.07, 6.45) is 0. The first-order chi connectivity index (χ1) is 5.74. The fourth-order valence-electron chi connectivity index (χ4n) is 0.674. The molecule has 0 unspecified atom stereocenters. The lowest BCUT2D eigenvalue weighted by atomic mass is 10.2. The van der Waals surface area contributed by atoms with Gasteiger partial charge in [-0.3, -0.25) is 0 Å². The van der Waals surface area contributed by atoms with Crippen molar-refractivity contribution in [3.63, 3.8) is 0 Å². The zero-order valence-electron chi connectivity index (χ0n) is 5.94. The van der Waals surface area contributed by atoms with Crippen LogP contribution < -0.4 is 0 Å². The Morgan fingerprint density at radius 2 is 2.17 bits per heavy atom. The Kier molecular flexibility index (Phi) is 2.85. The first kappa shape index (κ1) is 8.77. The largest absolute Gasteiger partial charge is 0.206 e. The Labute approximate surface area is 78.0 Å². The van der Waals surface area contributed by atoms with E-state index in [0.717, 1.165) is 0 Å². The first-order valence-electron chi connectivity index (χ1n) is 3.09. The third kappa shape index (κ3) is 2.08. The zero-order valence-corrected chi connectivity index (χ0v) is 7.52. The Bertz CT molecular complexity index is 395. The number of hydrogen-bond donors (Lipinski definition) is 0. The lowest BCUT2D eigenvalue weighted by molar-refractivity contribution is 0.621. The van der Waals surface area contributed by atoms with E-state index in [4.69, 9.17) is 5.26 Å². The van der Waals surface area contributed by atoms with E-state index >= 15 is 0 Å². The minimum absolute atomic E-state index is 0.375. The van der Waals surface area contributed by atoms with Crippen LogP contribution >= 0.6 is 15.9 Å². The molecule has 0 heterocycles. The third-order valence-corrected chi connectivity index (χ3v) is 1.83. The fourth-order valence-corrected chi connectivity index (χ4v) is 0.921. The Morgan fingerprint density at radius 3 is 2.75 bits per heavy atom. The second-order valence-corrected chi connectivity index (χ2v) is 2.85. The van der Waals surface area contributed by atoms with E-state index < -0.39 is 0 Å². The second-order valence-electron chi connectivity index (χ2n) is 1.99. The average molecular weight is 224 g/mol. The maximum absolute atomic E-state index is 12.8. The van der Waals surface area contributed by atoms with Crippen molar-refractivity contribution in [3.05, 3.63) is 34.1 Å². The lowest BCUT2D eigenvalue weighted by Gasteiger charge is -1.93. The molecular formula is C9H3BrFN. The monoisotopic (exact) mass is 223 g/mol. The predicted octanol–water partition coefficient (Wildman–Crippen LogP) is 2.46. The predicted molar refractivity (Wildman–Crippen MR) is 46.6 cm³/mol. The summed E-state index contributed by atoms with van der Waals surface area (Å²) in [6.45, 7) is 0. The topological polar surface area (TPSA) is 23.8 Å². The molecule has 1 nitrogen and oxygen atoms in total. The summed E-state index contributed by atoms with van der Waals surface area (Å²) in [5.74, 6) is 4.30. The minimum atomic E-state index is -0.375. The van der Waals surface area contributed by atoms with Crippen LogP contribution in [0.4, 0.5) is 4.39 Å². The number of benzene rings is 1. The van der Waals surface area contributed by atoms with Crippen LogP contribution in [0.3, 0.4) is 0 Å². The van der Waals surface area contributed by atoms with Gasteiger partial charge in [-0.15, -0.1) is 0 Å². The van der Waals surface area contributed by atoms with Crippen LogP contribution in [0.5, 0.6) is 0 Å². The van der Waals surface area contributed by atoms with Crippen molar-refractivity contribution < 1.29 is 4.39 Å². The van der Waals surface area contributed by atoms with E-state index in [1.54, 1.807) is 18.2 Å². The molecule has 0 aliphatic rings. The van der Waals surface area contributed by atoms with Gasteiger partial charge in [0.1, 0.15) is 5.82 Å². The smallest absolute Gasteiger partial charge is 0.152 e. The molecule has 0 saturated heterocycles. The van der Waals surface area contributed by atoms with Gasteiger partial charge in [-0.2, -0.15) is 5.26 Å². The van der Waals surface area contributed by atoms with Crippen molar-refractivity contribution in [3.8, 4) is 17.9 Å². The van der Waals surface area contributed by atoms with Crippen LogP contribution in [-0.4, -0.2) is 0 Å². The van der Waals surface area contributed by atoms with E-state index in [-0.39, 0.29) is 5.82 Å². The highest BCUT2D eigenvalue weighted by Crippen LogP contribution is 2.15. The summed E-state index contributed by atoms with van der Waals surface area (Å²) in [7, 11) is 0. The maximum atomic E-state index is 12.8. The summed E-state index contributed by atoms with van der Waals surface area (Å²) >= 11 is 3.01. The normalized spacial score (nSPS) is 8.08. The van der Waals surface area contributed by atoms with E-state index in [1.807, 2.05) is 0 Å². The van der Waals surface area contributed by atoms with Gasteiger partial charge in [-0.05, 0) is 34.1 Å². The van der Waals surface area contributed by atoms with Crippen LogP contribution in [0, 0.1) is 29.0 Å². The quantitative estimate of drug-likeness (QED) is 0.621. The van der Waals surface area contributed by atoms with Crippen LogP contribution in [0.25, 0.3) is 0 Å². The van der Waals surface area contributed by atoms with Crippen molar-refractivity contribution in [2.24, 2.45) is 0 Å². The first-order valence-corrected chi connectivity index (χ1v) is 3.88. The van der Waals surface area contributed by atoms with Crippen molar-refractivity contribution in [1.82, 2.24) is 0 Å². The fraction of sp³-hybridized carbons (Fsp3) is 0. The molecule has 0 fully saturated rings. The molecule has 3 heteroatoms. The Morgan fingerprint density at radius 1 is 1.42 bits per heavy atom. The van der Waals surface area contributed by atoms with E-state index in [1.165, 1.54) is 6.07 Å². The summed E-state index contributed by atoms with van der Waals surface area (Å²) in [5.41, 5.74) is 0.497. The van der Waals surface area contributed by atoms with Gasteiger partial charge < -0.3 is 0 Å². The molecule has 12 heavy (non-hydrogen) atoms. The van der Waals surface area contributed by atoms with Gasteiger partial charge in [0.15, 0.2) is 6.07 Å². The van der Waals surface area contributed by atoms with Crippen molar-refractivity contribution >= 4 is 15.9 Å². The number of nitrogens with zero attached hydrogens (tertiary/aromatic N) is 1. The van der Waals surface area contributed by atoms with E-state index in [2.05, 4.69) is 27.8 Å². The molecule has 0 spiro atoms. The highest BCUT2D eigenvalue weighted by Gasteiger charge is 1.97. The highest BCUT2D eigenvalue weighted by atomic mass is 79.9. The molecule has 1 rings (SSSR count). The molecule has 0 aliphatic heterocycles. The molecule has 1 aromatic carbocycles. The number of rotatable bonds is 0. The molecule has 1 aromatic rings. The van der Waals surface area contributed by atoms with Gasteiger partial charge in [0.05, 0.1) is 4.47 Å². The average Bonchev–Trinajstić information content (AvgIpc) is 2.07. The summed E-state index contributed by atoms with van der Waals surface area (Å²) in [4.78, 5) is 0. The molecule has 0 atom stereocenters. The van der Waals surface area contributed by atoms with Crippen molar-refractivity contribution in [1.29, 1.82) is 5.26 Å². The summed E-state index contributed by atoms with van der Waals surface area (Å²) < 4.78 is 13.2. The molecule has 58 valence electrons. The van der Waals surface area contributed by atoms with Gasteiger partial charge in [-0.25, -0.2) is 4.39 Å². The van der Waals surface area contributed by atoms with Crippen LogP contribution in [0.2, 0.25) is 0 Å². The SMILES string of the molecule is N#CC#Cc1ccc(Br)c(F)c1. The highest BCUT2D eigenvalue weighted by molar-refractivity contribution is 9.10. The van der Waals surface area contributed by atoms with E-state index in [0.29, 0.717) is 10.0 Å².